The van der Waals surface area contributed by atoms with E-state index in [1.807, 2.05) is 0 Å². The first kappa shape index (κ1) is 17.8. The molecule has 0 fully saturated rings. The monoisotopic (exact) mass is 308 g/mol. The molecule has 0 bridgehead atoms. The number of aryl methyl sites for hydroxylation is 6. The minimum absolute atomic E-state index is 0.00352. The molecule has 0 heterocycles. The van der Waals surface area contributed by atoms with Crippen LogP contribution < -0.4 is 10.9 Å². The highest BCUT2D eigenvalue weighted by Gasteiger charge is 2.29. The molecular weight excluding hydrogens is 279 g/mol. The first-order valence-electron chi connectivity index (χ1n) is 8.51. The zero-order valence-electron chi connectivity index (χ0n) is 15.9. The van der Waals surface area contributed by atoms with Gasteiger partial charge in [0.2, 0.25) is 0 Å². The Labute approximate surface area is 142 Å². The minimum atomic E-state index is -0.00352. The average molecular weight is 308 g/mol. The van der Waals surface area contributed by atoms with Gasteiger partial charge in [-0.05, 0) is 66.3 Å². The van der Waals surface area contributed by atoms with E-state index < -0.39 is 0 Å². The van der Waals surface area contributed by atoms with Gasteiger partial charge in [0.15, 0.2) is 0 Å². The molecule has 0 aliphatic rings. The van der Waals surface area contributed by atoms with Crippen LogP contribution in [0.25, 0.3) is 0 Å². The second-order valence-corrected chi connectivity index (χ2v) is 7.19. The van der Waals surface area contributed by atoms with Crippen molar-refractivity contribution in [2.75, 3.05) is 0 Å². The van der Waals surface area contributed by atoms with Gasteiger partial charge in [0, 0.05) is 6.10 Å². The van der Waals surface area contributed by atoms with Crippen molar-refractivity contribution in [3.63, 3.8) is 0 Å². The van der Waals surface area contributed by atoms with Crippen molar-refractivity contribution in [1.29, 1.82) is 0 Å². The Morgan fingerprint density at radius 3 is 1.22 bits per heavy atom. The molecule has 0 unspecified atom stereocenters. The van der Waals surface area contributed by atoms with Crippen molar-refractivity contribution < 1.29 is 4.65 Å². The normalized spacial score (nSPS) is 11.2. The van der Waals surface area contributed by atoms with Gasteiger partial charge in [0.25, 0.3) is 0 Å². The third-order valence-corrected chi connectivity index (χ3v) is 4.41. The first-order valence-corrected chi connectivity index (χ1v) is 8.51. The SMILES string of the molecule is Cc1cc(C)c(B(OC(C)C)c2c(C)cc(C)cc2C)c(C)c1. The Bertz CT molecular complexity index is 612. The van der Waals surface area contributed by atoms with Gasteiger partial charge in [-0.25, -0.2) is 0 Å². The smallest absolute Gasteiger partial charge is 0.362 e. The molecule has 0 saturated heterocycles. The van der Waals surface area contributed by atoms with Crippen LogP contribution in [0.1, 0.15) is 47.2 Å². The molecule has 0 amide bonds. The van der Waals surface area contributed by atoms with E-state index in [-0.39, 0.29) is 13.0 Å². The number of benzene rings is 2. The van der Waals surface area contributed by atoms with Crippen LogP contribution >= 0.6 is 0 Å². The zero-order chi connectivity index (χ0) is 17.3. The van der Waals surface area contributed by atoms with E-state index >= 15 is 0 Å². The summed E-state index contributed by atoms with van der Waals surface area (Å²) >= 11 is 0. The minimum Gasteiger partial charge on any atom is -0.425 e. The lowest BCUT2D eigenvalue weighted by Gasteiger charge is -2.25. The maximum Gasteiger partial charge on any atom is 0.362 e. The maximum absolute atomic E-state index is 6.43. The summed E-state index contributed by atoms with van der Waals surface area (Å²) < 4.78 is 6.43. The van der Waals surface area contributed by atoms with Crippen LogP contribution in [-0.4, -0.2) is 13.0 Å². The Kier molecular flexibility index (Phi) is 5.36. The molecule has 0 spiro atoms. The predicted molar refractivity (Wildman–Crippen MR) is 103 cm³/mol. The molecule has 0 radical (unpaired) electrons. The van der Waals surface area contributed by atoms with Crippen LogP contribution in [0.15, 0.2) is 24.3 Å². The van der Waals surface area contributed by atoms with Crippen molar-refractivity contribution in [2.45, 2.75) is 61.5 Å². The van der Waals surface area contributed by atoms with Gasteiger partial charge in [0.1, 0.15) is 0 Å². The summed E-state index contributed by atoms with van der Waals surface area (Å²) in [7, 11) is 0. The van der Waals surface area contributed by atoms with E-state index in [0.717, 1.165) is 0 Å². The molecule has 0 aliphatic heterocycles. The average Bonchev–Trinajstić information content (AvgIpc) is 2.34. The summed E-state index contributed by atoms with van der Waals surface area (Å²) in [6.45, 7) is 17.3. The largest absolute Gasteiger partial charge is 0.425 e. The van der Waals surface area contributed by atoms with E-state index in [1.165, 1.54) is 44.3 Å². The quantitative estimate of drug-likeness (QED) is 0.774. The lowest BCUT2D eigenvalue weighted by Crippen LogP contribution is -2.51. The lowest BCUT2D eigenvalue weighted by molar-refractivity contribution is 0.253. The highest BCUT2D eigenvalue weighted by molar-refractivity contribution is 6.81. The summed E-state index contributed by atoms with van der Waals surface area (Å²) in [5, 5.41) is 0. The predicted octanol–water partition coefficient (Wildman–Crippen LogP) is 4.07. The van der Waals surface area contributed by atoms with E-state index in [2.05, 4.69) is 79.7 Å². The molecule has 0 aromatic heterocycles. The molecule has 2 aromatic carbocycles. The molecule has 0 N–H and O–H groups in total. The van der Waals surface area contributed by atoms with Gasteiger partial charge in [-0.1, -0.05) is 57.6 Å². The molecule has 23 heavy (non-hydrogen) atoms. The summed E-state index contributed by atoms with van der Waals surface area (Å²) in [5.74, 6) is 0. The van der Waals surface area contributed by atoms with Crippen LogP contribution in [0, 0.1) is 41.5 Å². The van der Waals surface area contributed by atoms with Gasteiger partial charge in [-0.15, -0.1) is 0 Å². The van der Waals surface area contributed by atoms with Gasteiger partial charge in [0.05, 0.1) is 0 Å². The topological polar surface area (TPSA) is 9.23 Å². The molecule has 122 valence electrons. The Balaban J connectivity index is 2.69. The van der Waals surface area contributed by atoms with Gasteiger partial charge < -0.3 is 4.65 Å². The van der Waals surface area contributed by atoms with Crippen LogP contribution in [0.3, 0.4) is 0 Å². The van der Waals surface area contributed by atoms with Crippen LogP contribution in [0.5, 0.6) is 0 Å². The maximum atomic E-state index is 6.43. The summed E-state index contributed by atoms with van der Waals surface area (Å²) in [6, 6.07) is 9.05. The Morgan fingerprint density at radius 2 is 0.957 bits per heavy atom. The zero-order valence-corrected chi connectivity index (χ0v) is 15.9. The summed E-state index contributed by atoms with van der Waals surface area (Å²) in [6.07, 6.45) is 0.181. The van der Waals surface area contributed by atoms with E-state index in [4.69, 9.17) is 4.65 Å². The molecule has 2 rings (SSSR count). The van der Waals surface area contributed by atoms with Gasteiger partial charge in [-0.3, -0.25) is 0 Å². The number of hydrogen-bond acceptors (Lipinski definition) is 1. The third kappa shape index (κ3) is 3.87. The van der Waals surface area contributed by atoms with Crippen LogP contribution in [-0.2, 0) is 4.65 Å². The first-order chi connectivity index (χ1) is 10.7. The molecule has 1 nitrogen and oxygen atoms in total. The van der Waals surface area contributed by atoms with Crippen LogP contribution in [0.4, 0.5) is 0 Å². The van der Waals surface area contributed by atoms with E-state index in [0.29, 0.717) is 0 Å². The number of hydrogen-bond donors (Lipinski definition) is 0. The molecule has 0 aliphatic carbocycles. The fourth-order valence-corrected chi connectivity index (χ4v) is 3.76. The van der Waals surface area contributed by atoms with Crippen molar-refractivity contribution in [2.24, 2.45) is 0 Å². The van der Waals surface area contributed by atoms with Crippen molar-refractivity contribution in [3.05, 3.63) is 57.6 Å². The third-order valence-electron chi connectivity index (χ3n) is 4.41. The van der Waals surface area contributed by atoms with Crippen LogP contribution in [0.2, 0.25) is 0 Å². The van der Waals surface area contributed by atoms with Crippen molar-refractivity contribution in [1.82, 2.24) is 0 Å². The lowest BCUT2D eigenvalue weighted by atomic mass is 9.50. The standard InChI is InChI=1S/C21H29BO/c1-13(2)23-22(20-16(5)9-14(3)10-17(20)6)21-18(7)11-15(4)12-19(21)8/h9-13H,1-8H3. The molecule has 2 aromatic rings. The Hall–Kier alpha value is -1.54. The highest BCUT2D eigenvalue weighted by atomic mass is 16.4. The van der Waals surface area contributed by atoms with Crippen molar-refractivity contribution >= 4 is 17.8 Å². The molecule has 0 atom stereocenters. The fourth-order valence-electron chi connectivity index (χ4n) is 3.76. The van der Waals surface area contributed by atoms with Gasteiger partial charge in [-0.2, -0.15) is 0 Å². The van der Waals surface area contributed by atoms with E-state index in [1.54, 1.807) is 0 Å². The summed E-state index contributed by atoms with van der Waals surface area (Å²) in [5.41, 5.74) is 10.5. The van der Waals surface area contributed by atoms with E-state index in [9.17, 15) is 0 Å². The highest BCUT2D eigenvalue weighted by Crippen LogP contribution is 2.13. The number of rotatable bonds is 4. The molecule has 0 saturated carbocycles. The molecular formula is C21H29BO. The summed E-state index contributed by atoms with van der Waals surface area (Å²) in [4.78, 5) is 0. The molecule has 2 heteroatoms. The Morgan fingerprint density at radius 1 is 0.652 bits per heavy atom. The van der Waals surface area contributed by atoms with Crippen molar-refractivity contribution in [3.8, 4) is 0 Å². The second kappa shape index (κ2) is 6.92. The fraction of sp³-hybridized carbons (Fsp3) is 0.429. The van der Waals surface area contributed by atoms with Gasteiger partial charge >= 0.3 is 6.92 Å². The second-order valence-electron chi connectivity index (χ2n) is 7.19.